The Morgan fingerprint density at radius 1 is 1.24 bits per heavy atom. The zero-order valence-corrected chi connectivity index (χ0v) is 19.0. The van der Waals surface area contributed by atoms with Gasteiger partial charge in [-0.1, -0.05) is 36.8 Å². The number of aryl methyl sites for hydroxylation is 1. The van der Waals surface area contributed by atoms with Gasteiger partial charge in [-0.05, 0) is 79.1 Å². The van der Waals surface area contributed by atoms with Crippen LogP contribution in [0.2, 0.25) is 0 Å². The van der Waals surface area contributed by atoms with E-state index in [2.05, 4.69) is 18.1 Å². The third-order valence-electron chi connectivity index (χ3n) is 7.78. The van der Waals surface area contributed by atoms with Crippen molar-refractivity contribution >= 4 is 12.0 Å². The van der Waals surface area contributed by atoms with Crippen LogP contribution in [0.15, 0.2) is 60.3 Å². The Morgan fingerprint density at radius 3 is 2.71 bits per heavy atom. The van der Waals surface area contributed by atoms with Crippen molar-refractivity contribution in [2.45, 2.75) is 50.7 Å². The number of nitrogens with zero attached hydrogens (tertiary/aromatic N) is 2. The summed E-state index contributed by atoms with van der Waals surface area (Å²) < 4.78 is 15.2. The SMILES string of the molecule is CC12Cc3cnn(-c4ccc(F)cc4)c3C=C1CCC2(O)CCc1ccccc1C(O)C(N)=O. The largest absolute Gasteiger partial charge is 0.389 e. The van der Waals surface area contributed by atoms with Gasteiger partial charge in [0.25, 0.3) is 5.91 Å². The molecule has 34 heavy (non-hydrogen) atoms. The van der Waals surface area contributed by atoms with Crippen LogP contribution in [0.3, 0.4) is 0 Å². The number of amides is 1. The molecule has 0 spiro atoms. The van der Waals surface area contributed by atoms with Crippen molar-refractivity contribution in [1.82, 2.24) is 9.78 Å². The van der Waals surface area contributed by atoms with Crippen LogP contribution in [0.1, 0.15) is 54.7 Å². The molecule has 7 heteroatoms. The Bertz CT molecular complexity index is 1280. The van der Waals surface area contributed by atoms with Crippen molar-refractivity contribution in [1.29, 1.82) is 0 Å². The van der Waals surface area contributed by atoms with E-state index in [-0.39, 0.29) is 5.82 Å². The summed E-state index contributed by atoms with van der Waals surface area (Å²) in [6.45, 7) is 2.11. The van der Waals surface area contributed by atoms with Gasteiger partial charge in [-0.15, -0.1) is 0 Å². The number of aliphatic hydroxyl groups is 2. The standard InChI is InChI=1S/C27H28FN3O3/c1-26-15-18-16-30-31(21-8-6-20(28)7-9-21)23(18)14-19(26)11-13-27(26,34)12-10-17-4-2-3-5-22(17)24(32)25(29)33/h2-9,14,16,24,32,34H,10-13,15H2,1H3,(H2,29,33). The summed E-state index contributed by atoms with van der Waals surface area (Å²) in [5, 5.41) is 26.6. The second kappa shape index (κ2) is 8.18. The predicted octanol–water partition coefficient (Wildman–Crippen LogP) is 3.63. The highest BCUT2D eigenvalue weighted by molar-refractivity contribution is 5.80. The molecule has 3 unspecified atom stereocenters. The molecule has 6 nitrogen and oxygen atoms in total. The Balaban J connectivity index is 1.42. The molecule has 1 saturated carbocycles. The predicted molar refractivity (Wildman–Crippen MR) is 126 cm³/mol. The van der Waals surface area contributed by atoms with Crippen LogP contribution in [0.5, 0.6) is 0 Å². The fourth-order valence-corrected chi connectivity index (χ4v) is 5.64. The van der Waals surface area contributed by atoms with Crippen molar-refractivity contribution in [2.75, 3.05) is 0 Å². The first-order chi connectivity index (χ1) is 16.2. The number of hydrogen-bond donors (Lipinski definition) is 3. The number of benzene rings is 2. The normalized spacial score (nSPS) is 24.3. The van der Waals surface area contributed by atoms with Crippen molar-refractivity contribution in [3.8, 4) is 5.69 Å². The fourth-order valence-electron chi connectivity index (χ4n) is 5.64. The van der Waals surface area contributed by atoms with Gasteiger partial charge in [0.2, 0.25) is 0 Å². The van der Waals surface area contributed by atoms with Gasteiger partial charge in [0, 0.05) is 5.41 Å². The van der Waals surface area contributed by atoms with Crippen molar-refractivity contribution < 1.29 is 19.4 Å². The maximum absolute atomic E-state index is 13.4. The van der Waals surface area contributed by atoms with Crippen molar-refractivity contribution in [2.24, 2.45) is 11.1 Å². The van der Waals surface area contributed by atoms with E-state index < -0.39 is 23.0 Å². The maximum atomic E-state index is 13.4. The highest BCUT2D eigenvalue weighted by Crippen LogP contribution is 2.56. The average Bonchev–Trinajstić information content (AvgIpc) is 3.34. The van der Waals surface area contributed by atoms with Crippen LogP contribution in [-0.2, 0) is 17.6 Å². The number of carbonyl (C=O) groups is 1. The molecule has 3 atom stereocenters. The molecule has 2 aliphatic carbocycles. The van der Waals surface area contributed by atoms with Gasteiger partial charge in [0.05, 0.1) is 23.2 Å². The van der Waals surface area contributed by atoms with Gasteiger partial charge in [0.1, 0.15) is 5.82 Å². The number of halogens is 1. The Labute approximate surface area is 197 Å². The third-order valence-corrected chi connectivity index (χ3v) is 7.78. The zero-order chi connectivity index (χ0) is 24.1. The Morgan fingerprint density at radius 2 is 1.97 bits per heavy atom. The van der Waals surface area contributed by atoms with E-state index >= 15 is 0 Å². The van der Waals surface area contributed by atoms with E-state index in [0.29, 0.717) is 31.2 Å². The first kappa shape index (κ1) is 22.5. The molecule has 1 fully saturated rings. The molecule has 0 saturated heterocycles. The van der Waals surface area contributed by atoms with Crippen LogP contribution in [0.4, 0.5) is 4.39 Å². The Kier molecular flexibility index (Phi) is 5.41. The Hall–Kier alpha value is -3.29. The highest BCUT2D eigenvalue weighted by Gasteiger charge is 2.54. The molecule has 5 rings (SSSR count). The second-order valence-corrected chi connectivity index (χ2v) is 9.66. The number of rotatable bonds is 6. The first-order valence-electron chi connectivity index (χ1n) is 11.5. The lowest BCUT2D eigenvalue weighted by atomic mass is 9.65. The number of primary amides is 1. The topological polar surface area (TPSA) is 101 Å². The fraction of sp³-hybridized carbons (Fsp3) is 0.333. The van der Waals surface area contributed by atoms with E-state index in [0.717, 1.165) is 28.9 Å². The van der Waals surface area contributed by atoms with E-state index in [9.17, 15) is 19.4 Å². The number of fused-ring (bicyclic) bond motifs is 2. The summed E-state index contributed by atoms with van der Waals surface area (Å²) in [5.41, 5.74) is 9.20. The summed E-state index contributed by atoms with van der Waals surface area (Å²) in [5.74, 6) is -1.08. The third kappa shape index (κ3) is 3.56. The number of carbonyl (C=O) groups excluding carboxylic acids is 1. The van der Waals surface area contributed by atoms with Crippen molar-refractivity contribution in [3.63, 3.8) is 0 Å². The van der Waals surface area contributed by atoms with Crippen LogP contribution >= 0.6 is 0 Å². The molecule has 1 amide bonds. The van der Waals surface area contributed by atoms with E-state index in [1.54, 1.807) is 24.3 Å². The minimum atomic E-state index is -1.37. The summed E-state index contributed by atoms with van der Waals surface area (Å²) in [4.78, 5) is 11.5. The lowest BCUT2D eigenvalue weighted by Gasteiger charge is -2.42. The minimum absolute atomic E-state index is 0.290. The minimum Gasteiger partial charge on any atom is -0.389 e. The molecule has 1 heterocycles. The molecule has 4 N–H and O–H groups in total. The van der Waals surface area contributed by atoms with E-state index in [1.165, 1.54) is 17.7 Å². The summed E-state index contributed by atoms with van der Waals surface area (Å²) in [7, 11) is 0. The number of aromatic nitrogens is 2. The van der Waals surface area contributed by atoms with Crippen molar-refractivity contribution in [3.05, 3.63) is 88.5 Å². The molecule has 0 aliphatic heterocycles. The molecule has 1 aromatic heterocycles. The monoisotopic (exact) mass is 461 g/mol. The van der Waals surface area contributed by atoms with Crippen LogP contribution in [0.25, 0.3) is 11.8 Å². The van der Waals surface area contributed by atoms with Crippen LogP contribution in [-0.4, -0.2) is 31.5 Å². The van der Waals surface area contributed by atoms with Gasteiger partial charge in [-0.2, -0.15) is 5.10 Å². The summed E-state index contributed by atoms with van der Waals surface area (Å²) >= 11 is 0. The maximum Gasteiger partial charge on any atom is 0.250 e. The molecule has 0 bridgehead atoms. The second-order valence-electron chi connectivity index (χ2n) is 9.66. The lowest BCUT2D eigenvalue weighted by molar-refractivity contribution is -0.126. The molecule has 0 radical (unpaired) electrons. The van der Waals surface area contributed by atoms with Crippen LogP contribution in [0, 0.1) is 11.2 Å². The lowest BCUT2D eigenvalue weighted by Crippen LogP contribution is -2.45. The van der Waals surface area contributed by atoms with Gasteiger partial charge >= 0.3 is 0 Å². The van der Waals surface area contributed by atoms with Gasteiger partial charge in [0.15, 0.2) is 6.10 Å². The van der Waals surface area contributed by atoms with E-state index in [1.807, 2.05) is 23.0 Å². The quantitative estimate of drug-likeness (QED) is 0.522. The summed E-state index contributed by atoms with van der Waals surface area (Å²) in [6.07, 6.45) is 5.64. The highest BCUT2D eigenvalue weighted by atomic mass is 19.1. The van der Waals surface area contributed by atoms with Crippen LogP contribution < -0.4 is 5.73 Å². The first-order valence-corrected chi connectivity index (χ1v) is 11.5. The molecule has 176 valence electrons. The van der Waals surface area contributed by atoms with Gasteiger partial charge < -0.3 is 15.9 Å². The smallest absolute Gasteiger partial charge is 0.250 e. The van der Waals surface area contributed by atoms with Gasteiger partial charge in [-0.25, -0.2) is 9.07 Å². The van der Waals surface area contributed by atoms with E-state index in [4.69, 9.17) is 5.73 Å². The van der Waals surface area contributed by atoms with Gasteiger partial charge in [-0.3, -0.25) is 4.79 Å². The number of nitrogens with two attached hydrogens (primary N) is 1. The number of hydrogen-bond acceptors (Lipinski definition) is 4. The molecule has 3 aromatic rings. The zero-order valence-electron chi connectivity index (χ0n) is 19.0. The molecule has 2 aromatic carbocycles. The number of aliphatic hydroxyl groups excluding tert-OH is 1. The molecular formula is C27H28FN3O3. The molecular weight excluding hydrogens is 433 g/mol. The molecule has 2 aliphatic rings. The average molecular weight is 462 g/mol. The summed E-state index contributed by atoms with van der Waals surface area (Å²) in [6, 6.07) is 13.4.